The molecule has 1 N–H and O–H groups in total. The number of carbonyl (C=O) groups is 1. The predicted molar refractivity (Wildman–Crippen MR) is 121 cm³/mol. The Hall–Kier alpha value is -3.19. The second-order valence-electron chi connectivity index (χ2n) is 7.49. The molecular formula is C24H25FN2O3S. The lowest BCUT2D eigenvalue weighted by molar-refractivity contribution is 0.0940. The summed E-state index contributed by atoms with van der Waals surface area (Å²) in [4.78, 5) is 12.6. The van der Waals surface area contributed by atoms with Crippen LogP contribution in [0, 0.1) is 12.7 Å². The van der Waals surface area contributed by atoms with Crippen molar-refractivity contribution >= 4 is 21.6 Å². The van der Waals surface area contributed by atoms with E-state index < -0.39 is 10.0 Å². The van der Waals surface area contributed by atoms with Gasteiger partial charge in [0.1, 0.15) is 5.82 Å². The summed E-state index contributed by atoms with van der Waals surface area (Å²) < 4.78 is 39.2. The average Bonchev–Trinajstić information content (AvgIpc) is 2.73. The lowest BCUT2D eigenvalue weighted by Gasteiger charge is -2.23. The number of rotatable bonds is 7. The van der Waals surface area contributed by atoms with Gasteiger partial charge in [-0.05, 0) is 66.9 Å². The number of nitrogens with zero attached hydrogens (tertiary/aromatic N) is 1. The first-order valence-corrected chi connectivity index (χ1v) is 11.7. The molecule has 31 heavy (non-hydrogen) atoms. The molecule has 3 aromatic rings. The Labute approximate surface area is 182 Å². The van der Waals surface area contributed by atoms with E-state index in [0.29, 0.717) is 11.3 Å². The minimum atomic E-state index is -3.52. The van der Waals surface area contributed by atoms with E-state index in [1.807, 2.05) is 38.1 Å². The molecule has 0 bridgehead atoms. The average molecular weight is 441 g/mol. The van der Waals surface area contributed by atoms with Crippen molar-refractivity contribution in [2.45, 2.75) is 26.4 Å². The predicted octanol–water partition coefficient (Wildman–Crippen LogP) is 4.59. The van der Waals surface area contributed by atoms with Gasteiger partial charge in [0.05, 0.1) is 24.5 Å². The first-order valence-electron chi connectivity index (χ1n) is 9.84. The Morgan fingerprint density at radius 3 is 2.19 bits per heavy atom. The molecule has 0 radical (unpaired) electrons. The minimum Gasteiger partial charge on any atom is -0.346 e. The second kappa shape index (κ2) is 9.31. The van der Waals surface area contributed by atoms with Crippen molar-refractivity contribution in [3.05, 3.63) is 101 Å². The third-order valence-electron chi connectivity index (χ3n) is 5.11. The van der Waals surface area contributed by atoms with Crippen LogP contribution >= 0.6 is 0 Å². The van der Waals surface area contributed by atoms with Crippen LogP contribution < -0.4 is 9.62 Å². The van der Waals surface area contributed by atoms with Gasteiger partial charge in [0.15, 0.2) is 0 Å². The van der Waals surface area contributed by atoms with E-state index in [0.717, 1.165) is 22.9 Å². The van der Waals surface area contributed by atoms with Crippen molar-refractivity contribution in [3.63, 3.8) is 0 Å². The number of halogens is 1. The lowest BCUT2D eigenvalue weighted by atomic mass is 10.1. The van der Waals surface area contributed by atoms with Gasteiger partial charge in [-0.2, -0.15) is 0 Å². The molecule has 0 aliphatic carbocycles. The molecule has 1 amide bonds. The molecular weight excluding hydrogens is 415 g/mol. The fraction of sp³-hybridized carbons (Fsp3) is 0.208. The molecule has 0 fully saturated rings. The van der Waals surface area contributed by atoms with E-state index in [9.17, 15) is 17.6 Å². The zero-order valence-corrected chi connectivity index (χ0v) is 18.5. The fourth-order valence-electron chi connectivity index (χ4n) is 3.24. The van der Waals surface area contributed by atoms with Gasteiger partial charge in [0.2, 0.25) is 10.0 Å². The highest BCUT2D eigenvalue weighted by Crippen LogP contribution is 2.23. The van der Waals surface area contributed by atoms with Crippen molar-refractivity contribution in [1.29, 1.82) is 0 Å². The zero-order chi connectivity index (χ0) is 22.6. The van der Waals surface area contributed by atoms with Crippen LogP contribution in [0.1, 0.15) is 40.0 Å². The summed E-state index contributed by atoms with van der Waals surface area (Å²) in [7, 11) is -3.52. The summed E-state index contributed by atoms with van der Waals surface area (Å²) in [6.07, 6.45) is 1.16. The molecule has 1 atom stereocenters. The maximum absolute atomic E-state index is 13.1. The number of nitrogens with one attached hydrogen (secondary N) is 1. The van der Waals surface area contributed by atoms with Crippen LogP contribution in [0.15, 0.2) is 72.8 Å². The van der Waals surface area contributed by atoms with E-state index in [1.54, 1.807) is 36.4 Å². The van der Waals surface area contributed by atoms with Crippen molar-refractivity contribution in [3.8, 4) is 0 Å². The molecule has 0 aliphatic rings. The highest BCUT2D eigenvalue weighted by atomic mass is 32.2. The second-order valence-corrected chi connectivity index (χ2v) is 9.40. The van der Waals surface area contributed by atoms with Crippen molar-refractivity contribution in [2.75, 3.05) is 10.6 Å². The Morgan fingerprint density at radius 1 is 1.00 bits per heavy atom. The Balaban J connectivity index is 1.77. The molecule has 0 saturated heterocycles. The Kier molecular flexibility index (Phi) is 6.75. The monoisotopic (exact) mass is 440 g/mol. The van der Waals surface area contributed by atoms with Crippen LogP contribution in [0.5, 0.6) is 0 Å². The maximum atomic E-state index is 13.1. The van der Waals surface area contributed by atoms with Crippen molar-refractivity contribution < 1.29 is 17.6 Å². The summed E-state index contributed by atoms with van der Waals surface area (Å²) in [6, 6.07) is 19.7. The number of amides is 1. The molecule has 162 valence electrons. The van der Waals surface area contributed by atoms with E-state index >= 15 is 0 Å². The molecule has 0 saturated carbocycles. The molecule has 7 heteroatoms. The molecule has 3 aromatic carbocycles. The number of sulfonamides is 1. The highest BCUT2D eigenvalue weighted by Gasteiger charge is 2.19. The van der Waals surface area contributed by atoms with E-state index in [4.69, 9.17) is 0 Å². The number of anilines is 1. The fourth-order valence-corrected chi connectivity index (χ4v) is 4.11. The number of hydrogen-bond acceptors (Lipinski definition) is 3. The van der Waals surface area contributed by atoms with E-state index in [2.05, 4.69) is 5.32 Å². The van der Waals surface area contributed by atoms with Crippen molar-refractivity contribution in [2.24, 2.45) is 0 Å². The SMILES string of the molecule is Cc1ccccc1CN(c1ccc(C(=O)N[C@@H](C)c2ccc(F)cc2)cc1)S(C)(=O)=O. The topological polar surface area (TPSA) is 66.5 Å². The van der Waals surface area contributed by atoms with Gasteiger partial charge in [-0.25, -0.2) is 12.8 Å². The van der Waals surface area contributed by atoms with Crippen LogP contribution in [0.2, 0.25) is 0 Å². The van der Waals surface area contributed by atoms with Gasteiger partial charge in [0.25, 0.3) is 5.91 Å². The largest absolute Gasteiger partial charge is 0.346 e. The van der Waals surface area contributed by atoms with Gasteiger partial charge in [-0.3, -0.25) is 9.10 Å². The van der Waals surface area contributed by atoms with Crippen molar-refractivity contribution in [1.82, 2.24) is 5.32 Å². The molecule has 0 spiro atoms. The van der Waals surface area contributed by atoms with Gasteiger partial charge in [0, 0.05) is 5.56 Å². The summed E-state index contributed by atoms with van der Waals surface area (Å²) in [6.45, 7) is 3.96. The van der Waals surface area contributed by atoms with Gasteiger partial charge >= 0.3 is 0 Å². The smallest absolute Gasteiger partial charge is 0.251 e. The van der Waals surface area contributed by atoms with Gasteiger partial charge < -0.3 is 5.32 Å². The normalized spacial score (nSPS) is 12.3. The quantitative estimate of drug-likeness (QED) is 0.584. The van der Waals surface area contributed by atoms with E-state index in [-0.39, 0.29) is 24.3 Å². The summed E-state index contributed by atoms with van der Waals surface area (Å²) >= 11 is 0. The molecule has 3 rings (SSSR count). The minimum absolute atomic E-state index is 0.207. The molecule has 0 aromatic heterocycles. The number of benzene rings is 3. The van der Waals surface area contributed by atoms with Crippen LogP contribution in [0.4, 0.5) is 10.1 Å². The summed E-state index contributed by atoms with van der Waals surface area (Å²) in [5.74, 6) is -0.632. The maximum Gasteiger partial charge on any atom is 0.251 e. The number of aryl methyl sites for hydroxylation is 1. The van der Waals surface area contributed by atoms with E-state index in [1.165, 1.54) is 16.4 Å². The van der Waals surface area contributed by atoms with Gasteiger partial charge in [-0.15, -0.1) is 0 Å². The Morgan fingerprint density at radius 2 is 1.61 bits per heavy atom. The number of hydrogen-bond donors (Lipinski definition) is 1. The third kappa shape index (κ3) is 5.70. The molecule has 0 aliphatic heterocycles. The summed E-state index contributed by atoms with van der Waals surface area (Å²) in [5.41, 5.74) is 3.58. The molecule has 5 nitrogen and oxygen atoms in total. The van der Waals surface area contributed by atoms with Crippen LogP contribution in [0.25, 0.3) is 0 Å². The number of carbonyl (C=O) groups excluding carboxylic acids is 1. The van der Waals surface area contributed by atoms with Crippen LogP contribution in [-0.4, -0.2) is 20.6 Å². The zero-order valence-electron chi connectivity index (χ0n) is 17.7. The Bertz CT molecular complexity index is 1160. The van der Waals surface area contributed by atoms with Crippen LogP contribution in [0.3, 0.4) is 0 Å². The lowest BCUT2D eigenvalue weighted by Crippen LogP contribution is -2.30. The standard InChI is InChI=1S/C24H25FN2O3S/c1-17-6-4-5-7-21(17)16-27(31(3,29)30)23-14-10-20(11-15-23)24(28)26-18(2)19-8-12-22(25)13-9-19/h4-15,18H,16H2,1-3H3,(H,26,28)/t18-/m0/s1. The third-order valence-corrected chi connectivity index (χ3v) is 6.25. The highest BCUT2D eigenvalue weighted by molar-refractivity contribution is 7.92. The first-order chi connectivity index (χ1) is 14.6. The summed E-state index contributed by atoms with van der Waals surface area (Å²) in [5, 5.41) is 2.86. The first kappa shape index (κ1) is 22.5. The molecule has 0 heterocycles. The van der Waals surface area contributed by atoms with Crippen LogP contribution in [-0.2, 0) is 16.6 Å². The van der Waals surface area contributed by atoms with Gasteiger partial charge in [-0.1, -0.05) is 36.4 Å². The molecule has 0 unspecified atom stereocenters.